The highest BCUT2D eigenvalue weighted by atomic mass is 127. The lowest BCUT2D eigenvalue weighted by Crippen LogP contribution is -1.90. The molecule has 0 aliphatic heterocycles. The number of hydrogen-bond acceptors (Lipinski definition) is 0. The van der Waals surface area contributed by atoms with Crippen molar-refractivity contribution in [3.8, 4) is 11.1 Å². The molecule has 0 aromatic heterocycles. The van der Waals surface area contributed by atoms with Crippen LogP contribution in [0.1, 0.15) is 25.0 Å². The lowest BCUT2D eigenvalue weighted by Gasteiger charge is -2.12. The standard InChI is InChI=1S/C21H21I/c1-15(2)10-13-20(17(4)22)21-14-19(12-11-16(21)3)18-8-6-5-7-9-18/h5-14H,4H2,1-3H3/b20-13+. The summed E-state index contributed by atoms with van der Waals surface area (Å²) in [6.07, 6.45) is 4.31. The maximum Gasteiger partial charge on any atom is 0.0137 e. The van der Waals surface area contributed by atoms with Gasteiger partial charge in [0.2, 0.25) is 0 Å². The number of benzene rings is 2. The average molecular weight is 400 g/mol. The summed E-state index contributed by atoms with van der Waals surface area (Å²) < 4.78 is 1.06. The molecule has 0 fully saturated rings. The minimum Gasteiger partial charge on any atom is -0.0850 e. The molecule has 0 saturated carbocycles. The first kappa shape index (κ1) is 16.8. The second-order valence-electron chi connectivity index (χ2n) is 5.62. The zero-order valence-electron chi connectivity index (χ0n) is 13.4. The molecule has 0 aliphatic carbocycles. The maximum atomic E-state index is 4.14. The third-order valence-electron chi connectivity index (χ3n) is 3.51. The van der Waals surface area contributed by atoms with E-state index in [0.717, 1.165) is 3.58 Å². The van der Waals surface area contributed by atoms with Gasteiger partial charge in [-0.05, 0) is 77.3 Å². The van der Waals surface area contributed by atoms with Crippen molar-refractivity contribution in [2.24, 2.45) is 0 Å². The van der Waals surface area contributed by atoms with Gasteiger partial charge in [-0.3, -0.25) is 0 Å². The Morgan fingerprint density at radius 3 is 2.23 bits per heavy atom. The number of aryl methyl sites for hydroxylation is 1. The molecule has 0 N–H and O–H groups in total. The molecule has 1 heteroatoms. The van der Waals surface area contributed by atoms with Crippen LogP contribution in [0, 0.1) is 6.92 Å². The summed E-state index contributed by atoms with van der Waals surface area (Å²) in [6.45, 7) is 10.5. The van der Waals surface area contributed by atoms with E-state index in [1.807, 2.05) is 6.07 Å². The molecule has 22 heavy (non-hydrogen) atoms. The molecule has 0 amide bonds. The van der Waals surface area contributed by atoms with Crippen molar-refractivity contribution in [1.82, 2.24) is 0 Å². The second kappa shape index (κ2) is 7.59. The molecule has 0 spiro atoms. The molecule has 2 aromatic carbocycles. The Morgan fingerprint density at radius 2 is 1.64 bits per heavy atom. The van der Waals surface area contributed by atoms with Crippen LogP contribution in [0.4, 0.5) is 0 Å². The van der Waals surface area contributed by atoms with Gasteiger partial charge in [0.1, 0.15) is 0 Å². The van der Waals surface area contributed by atoms with Gasteiger partial charge in [-0.1, -0.05) is 66.8 Å². The summed E-state index contributed by atoms with van der Waals surface area (Å²) in [5.74, 6) is 0. The largest absolute Gasteiger partial charge is 0.0850 e. The molecular weight excluding hydrogens is 379 g/mol. The summed E-state index contributed by atoms with van der Waals surface area (Å²) in [7, 11) is 0. The molecule has 2 rings (SSSR count). The van der Waals surface area contributed by atoms with Gasteiger partial charge in [-0.15, -0.1) is 0 Å². The van der Waals surface area contributed by atoms with Crippen LogP contribution in [-0.2, 0) is 0 Å². The zero-order valence-corrected chi connectivity index (χ0v) is 15.5. The Morgan fingerprint density at radius 1 is 0.955 bits per heavy atom. The Bertz CT molecular complexity index is 730. The number of halogens is 1. The Labute approximate surface area is 147 Å². The highest BCUT2D eigenvalue weighted by Crippen LogP contribution is 2.32. The van der Waals surface area contributed by atoms with Gasteiger partial charge in [0, 0.05) is 3.58 Å². The predicted octanol–water partition coefficient (Wildman–Crippen LogP) is 6.96. The number of rotatable bonds is 4. The van der Waals surface area contributed by atoms with Gasteiger partial charge in [-0.2, -0.15) is 0 Å². The Kier molecular flexibility index (Phi) is 5.78. The molecule has 0 nitrogen and oxygen atoms in total. The molecule has 0 unspecified atom stereocenters. The fraction of sp³-hybridized carbons (Fsp3) is 0.143. The predicted molar refractivity (Wildman–Crippen MR) is 107 cm³/mol. The maximum absolute atomic E-state index is 4.14. The average Bonchev–Trinajstić information content (AvgIpc) is 2.49. The second-order valence-corrected chi connectivity index (χ2v) is 6.93. The Hall–Kier alpha value is -1.61. The van der Waals surface area contributed by atoms with Crippen LogP contribution in [0.5, 0.6) is 0 Å². The van der Waals surface area contributed by atoms with E-state index in [-0.39, 0.29) is 0 Å². The third kappa shape index (κ3) is 4.20. The molecule has 112 valence electrons. The fourth-order valence-electron chi connectivity index (χ4n) is 2.30. The van der Waals surface area contributed by atoms with Gasteiger partial charge < -0.3 is 0 Å². The zero-order chi connectivity index (χ0) is 16.1. The van der Waals surface area contributed by atoms with E-state index < -0.39 is 0 Å². The van der Waals surface area contributed by atoms with Crippen molar-refractivity contribution < 1.29 is 0 Å². The lowest BCUT2D eigenvalue weighted by molar-refractivity contribution is 1.39. The summed E-state index contributed by atoms with van der Waals surface area (Å²) >= 11 is 2.31. The third-order valence-corrected chi connectivity index (χ3v) is 4.09. The smallest absolute Gasteiger partial charge is 0.0137 e. The van der Waals surface area contributed by atoms with E-state index in [1.54, 1.807) is 0 Å². The van der Waals surface area contributed by atoms with Gasteiger partial charge in [0.25, 0.3) is 0 Å². The van der Waals surface area contributed by atoms with Gasteiger partial charge in [0.15, 0.2) is 0 Å². The molecule has 0 heterocycles. The van der Waals surface area contributed by atoms with Crippen LogP contribution in [-0.4, -0.2) is 0 Å². The van der Waals surface area contributed by atoms with Crippen LogP contribution in [0.3, 0.4) is 0 Å². The van der Waals surface area contributed by atoms with Crippen LogP contribution in [0.15, 0.2) is 76.4 Å². The number of hydrogen-bond donors (Lipinski definition) is 0. The molecule has 0 bridgehead atoms. The SMILES string of the molecule is C=C(I)/C(=C\C=C(C)C)c1cc(-c2ccccc2)ccc1C. The first-order valence-electron chi connectivity index (χ1n) is 7.35. The van der Waals surface area contributed by atoms with E-state index in [1.165, 1.54) is 33.4 Å². The number of allylic oxidation sites excluding steroid dienone is 5. The summed E-state index contributed by atoms with van der Waals surface area (Å²) in [4.78, 5) is 0. The fourth-order valence-corrected chi connectivity index (χ4v) is 2.77. The van der Waals surface area contributed by atoms with Crippen LogP contribution in [0.2, 0.25) is 0 Å². The molecule has 2 aromatic rings. The van der Waals surface area contributed by atoms with Crippen LogP contribution < -0.4 is 0 Å². The van der Waals surface area contributed by atoms with Crippen molar-refractivity contribution >= 4 is 28.2 Å². The molecule has 0 saturated heterocycles. The van der Waals surface area contributed by atoms with Crippen molar-refractivity contribution in [1.29, 1.82) is 0 Å². The van der Waals surface area contributed by atoms with E-state index >= 15 is 0 Å². The summed E-state index contributed by atoms with van der Waals surface area (Å²) in [5, 5.41) is 0. The van der Waals surface area contributed by atoms with Gasteiger partial charge in [-0.25, -0.2) is 0 Å². The summed E-state index contributed by atoms with van der Waals surface area (Å²) in [6, 6.07) is 17.1. The first-order valence-corrected chi connectivity index (χ1v) is 8.43. The van der Waals surface area contributed by atoms with E-state index in [2.05, 4.69) is 105 Å². The van der Waals surface area contributed by atoms with Crippen molar-refractivity contribution in [3.63, 3.8) is 0 Å². The molecule has 0 radical (unpaired) electrons. The van der Waals surface area contributed by atoms with Crippen molar-refractivity contribution in [2.45, 2.75) is 20.8 Å². The quantitative estimate of drug-likeness (QED) is 0.384. The molecule has 0 aliphatic rings. The lowest BCUT2D eigenvalue weighted by atomic mass is 9.94. The van der Waals surface area contributed by atoms with Gasteiger partial charge in [0.05, 0.1) is 0 Å². The van der Waals surface area contributed by atoms with Crippen molar-refractivity contribution in [3.05, 3.63) is 87.5 Å². The van der Waals surface area contributed by atoms with E-state index in [0.29, 0.717) is 0 Å². The van der Waals surface area contributed by atoms with Gasteiger partial charge >= 0.3 is 0 Å². The normalized spacial score (nSPS) is 11.2. The topological polar surface area (TPSA) is 0 Å². The van der Waals surface area contributed by atoms with Crippen molar-refractivity contribution in [2.75, 3.05) is 0 Å². The molecular formula is C21H21I. The monoisotopic (exact) mass is 400 g/mol. The minimum absolute atomic E-state index is 1.06. The van der Waals surface area contributed by atoms with Crippen LogP contribution >= 0.6 is 22.6 Å². The first-order chi connectivity index (χ1) is 10.5. The van der Waals surface area contributed by atoms with E-state index in [4.69, 9.17) is 0 Å². The molecule has 0 atom stereocenters. The Balaban J connectivity index is 2.56. The van der Waals surface area contributed by atoms with E-state index in [9.17, 15) is 0 Å². The van der Waals surface area contributed by atoms with Crippen LogP contribution in [0.25, 0.3) is 16.7 Å². The summed E-state index contributed by atoms with van der Waals surface area (Å²) in [5.41, 5.74) is 7.47. The minimum atomic E-state index is 1.06. The highest BCUT2D eigenvalue weighted by molar-refractivity contribution is 14.1. The highest BCUT2D eigenvalue weighted by Gasteiger charge is 2.08.